The molecular formula is C16H21F14NO3PS+. The second-order valence-corrected chi connectivity index (χ2v) is 14.2. The third kappa shape index (κ3) is 7.24. The second kappa shape index (κ2) is 10.1. The lowest BCUT2D eigenvalue weighted by molar-refractivity contribution is -0.356. The maximum absolute atomic E-state index is 14.2. The molecule has 20 heteroatoms. The predicted molar refractivity (Wildman–Crippen MR) is 99.1 cm³/mol. The van der Waals surface area contributed by atoms with Crippen molar-refractivity contribution in [3.8, 4) is 0 Å². The number of rotatable bonds is 8. The van der Waals surface area contributed by atoms with Crippen molar-refractivity contribution in [1.82, 2.24) is 4.31 Å². The minimum atomic E-state index is -6.89. The van der Waals surface area contributed by atoms with Crippen molar-refractivity contribution in [1.29, 1.82) is 0 Å². The van der Waals surface area contributed by atoms with Gasteiger partial charge in [0.1, 0.15) is 0 Å². The number of sulfonamides is 1. The highest BCUT2D eigenvalue weighted by Crippen LogP contribution is 2.56. The van der Waals surface area contributed by atoms with E-state index in [0.717, 1.165) is 0 Å². The molecule has 0 aromatic carbocycles. The molecule has 1 rings (SSSR count). The molecule has 4 nitrogen and oxygen atoms in total. The molecule has 0 saturated carbocycles. The van der Waals surface area contributed by atoms with Crippen LogP contribution in [-0.4, -0.2) is 85.1 Å². The van der Waals surface area contributed by atoms with Crippen LogP contribution in [0.4, 0.5) is 61.5 Å². The van der Waals surface area contributed by atoms with E-state index in [2.05, 4.69) is 0 Å². The van der Waals surface area contributed by atoms with Crippen molar-refractivity contribution in [3.05, 3.63) is 0 Å². The standard InChI is InChI=1S/C16H21F14NO3PS/c1-35(32)5-2-4-31(9-35)36(33,34)6-3-10(7-11(17,13(19,20)21)14(22,23)24)8-12(18,15(25,26)27)16(28,29)30/h10,32H,2-9H2,1H3/q+1. The van der Waals surface area contributed by atoms with Gasteiger partial charge in [-0.25, -0.2) is 17.2 Å². The molecule has 1 heterocycles. The third-order valence-electron chi connectivity index (χ3n) is 5.62. The smallest absolute Gasteiger partial charge is 0.251 e. The van der Waals surface area contributed by atoms with Gasteiger partial charge in [-0.3, -0.25) is 4.89 Å². The van der Waals surface area contributed by atoms with Crippen LogP contribution in [0.15, 0.2) is 0 Å². The van der Waals surface area contributed by atoms with Crippen LogP contribution in [0, 0.1) is 5.92 Å². The molecule has 0 aromatic rings. The van der Waals surface area contributed by atoms with E-state index in [-0.39, 0.29) is 19.1 Å². The summed E-state index contributed by atoms with van der Waals surface area (Å²) in [4.78, 5) is 10.1. The highest BCUT2D eigenvalue weighted by molar-refractivity contribution is 7.89. The van der Waals surface area contributed by atoms with E-state index in [4.69, 9.17) is 0 Å². The molecule has 1 aliphatic rings. The van der Waals surface area contributed by atoms with Gasteiger partial charge in [-0.1, -0.05) is 0 Å². The molecule has 36 heavy (non-hydrogen) atoms. The third-order valence-corrected chi connectivity index (χ3v) is 9.90. The van der Waals surface area contributed by atoms with Gasteiger partial charge in [0.25, 0.3) is 11.3 Å². The molecule has 1 unspecified atom stereocenters. The molecule has 0 spiro atoms. The molecule has 216 valence electrons. The normalized spacial score (nSPS) is 22.4. The molecule has 0 aromatic heterocycles. The lowest BCUT2D eigenvalue weighted by Gasteiger charge is -2.37. The van der Waals surface area contributed by atoms with Crippen molar-refractivity contribution in [2.24, 2.45) is 5.92 Å². The van der Waals surface area contributed by atoms with Gasteiger partial charge in [0.15, 0.2) is 13.8 Å². The predicted octanol–water partition coefficient (Wildman–Crippen LogP) is 5.99. The summed E-state index contributed by atoms with van der Waals surface area (Å²) in [5.74, 6) is -4.98. The average molecular weight is 604 g/mol. The fourth-order valence-electron chi connectivity index (χ4n) is 3.60. The van der Waals surface area contributed by atoms with E-state index in [1.54, 1.807) is 0 Å². The Bertz CT molecular complexity index is 797. The molecule has 1 saturated heterocycles. The first-order valence-corrected chi connectivity index (χ1v) is 14.0. The van der Waals surface area contributed by atoms with Gasteiger partial charge in [0.05, 0.1) is 18.6 Å². The van der Waals surface area contributed by atoms with E-state index in [1.165, 1.54) is 6.66 Å². The van der Waals surface area contributed by atoms with Gasteiger partial charge in [-0.2, -0.15) is 57.0 Å². The summed E-state index contributed by atoms with van der Waals surface area (Å²) >= 11 is 0. The van der Waals surface area contributed by atoms with Gasteiger partial charge in [-0.15, -0.1) is 0 Å². The molecule has 1 aliphatic heterocycles. The van der Waals surface area contributed by atoms with Crippen molar-refractivity contribution in [3.63, 3.8) is 0 Å². The zero-order valence-corrected chi connectivity index (χ0v) is 19.8. The molecule has 1 atom stereocenters. The Morgan fingerprint density at radius 1 is 0.778 bits per heavy atom. The first-order chi connectivity index (χ1) is 15.6. The topological polar surface area (TPSA) is 57.6 Å². The molecular weight excluding hydrogens is 583 g/mol. The molecule has 0 bridgehead atoms. The van der Waals surface area contributed by atoms with Crippen LogP contribution in [0.2, 0.25) is 0 Å². The van der Waals surface area contributed by atoms with Crippen LogP contribution in [0.3, 0.4) is 0 Å². The van der Waals surface area contributed by atoms with E-state index < -0.39 is 90.8 Å². The Hall–Kier alpha value is -0.680. The zero-order chi connectivity index (χ0) is 28.8. The highest BCUT2D eigenvalue weighted by atomic mass is 32.2. The van der Waals surface area contributed by atoms with Crippen molar-refractivity contribution >= 4 is 17.5 Å². The van der Waals surface area contributed by atoms with Gasteiger partial charge < -0.3 is 0 Å². The number of hydrogen-bond donors (Lipinski definition) is 1. The summed E-state index contributed by atoms with van der Waals surface area (Å²) in [7, 11) is -7.63. The minimum absolute atomic E-state index is 0.0505. The summed E-state index contributed by atoms with van der Waals surface area (Å²) in [6.45, 7) is 0.950. The molecule has 0 amide bonds. The molecule has 0 radical (unpaired) electrons. The molecule has 1 N–H and O–H groups in total. The largest absolute Gasteiger partial charge is 0.431 e. The van der Waals surface area contributed by atoms with E-state index in [1.807, 2.05) is 0 Å². The van der Waals surface area contributed by atoms with Crippen LogP contribution in [0.5, 0.6) is 0 Å². The van der Waals surface area contributed by atoms with Gasteiger partial charge in [0, 0.05) is 19.4 Å². The van der Waals surface area contributed by atoms with Crippen molar-refractivity contribution < 1.29 is 74.8 Å². The van der Waals surface area contributed by atoms with Crippen LogP contribution in [0.25, 0.3) is 0 Å². The maximum Gasteiger partial charge on any atom is 0.431 e. The zero-order valence-electron chi connectivity index (χ0n) is 18.1. The number of nitrogens with zero attached hydrogens (tertiary/aromatic N) is 1. The summed E-state index contributed by atoms with van der Waals surface area (Å²) in [5, 5.41) is 0. The van der Waals surface area contributed by atoms with E-state index in [9.17, 15) is 74.8 Å². The van der Waals surface area contributed by atoms with Crippen LogP contribution in [-0.2, 0) is 10.0 Å². The number of hydrogen-bond acceptors (Lipinski definition) is 3. The minimum Gasteiger partial charge on any atom is -0.251 e. The summed E-state index contributed by atoms with van der Waals surface area (Å²) < 4.78 is 209. The van der Waals surface area contributed by atoms with E-state index in [0.29, 0.717) is 4.31 Å². The molecule has 1 fully saturated rings. The van der Waals surface area contributed by atoms with Crippen molar-refractivity contribution in [2.45, 2.75) is 61.7 Å². The average Bonchev–Trinajstić information content (AvgIpc) is 2.61. The van der Waals surface area contributed by atoms with E-state index >= 15 is 0 Å². The lowest BCUT2D eigenvalue weighted by Crippen LogP contribution is -2.57. The van der Waals surface area contributed by atoms with Gasteiger partial charge in [-0.05, 0) is 18.8 Å². The van der Waals surface area contributed by atoms with Crippen LogP contribution >= 0.6 is 7.49 Å². The summed E-state index contributed by atoms with van der Waals surface area (Å²) in [6, 6.07) is 0. The lowest BCUT2D eigenvalue weighted by atomic mass is 9.81. The first-order valence-electron chi connectivity index (χ1n) is 9.79. The van der Waals surface area contributed by atoms with Crippen LogP contribution in [0.1, 0.15) is 25.7 Å². The van der Waals surface area contributed by atoms with Crippen LogP contribution < -0.4 is 0 Å². The van der Waals surface area contributed by atoms with Gasteiger partial charge in [0.2, 0.25) is 10.0 Å². The second-order valence-electron chi connectivity index (χ2n) is 8.71. The first kappa shape index (κ1) is 33.3. The number of alkyl halides is 14. The Morgan fingerprint density at radius 3 is 1.44 bits per heavy atom. The molecule has 0 aliphatic carbocycles. The Kier molecular flexibility index (Phi) is 9.39. The van der Waals surface area contributed by atoms with Crippen molar-refractivity contribution in [2.75, 3.05) is 31.4 Å². The number of halogens is 14. The quantitative estimate of drug-likeness (QED) is 0.274. The summed E-state index contributed by atoms with van der Waals surface area (Å²) in [5.41, 5.74) is -12.7. The maximum atomic E-state index is 14.2. The fourth-order valence-corrected chi connectivity index (χ4v) is 8.13. The SMILES string of the molecule is C[P+]1(O)CCCN(S(=O)(=O)CCC(CC(F)(C(F)(F)F)C(F)(F)F)CC(F)(C(F)(F)F)C(F)(F)F)C1. The highest BCUT2D eigenvalue weighted by Gasteiger charge is 2.75. The monoisotopic (exact) mass is 604 g/mol. The Labute approximate surface area is 196 Å². The Morgan fingerprint density at radius 2 is 1.14 bits per heavy atom. The Balaban J connectivity index is 3.44. The summed E-state index contributed by atoms with van der Waals surface area (Å²) in [6.07, 6.45) is -36.0. The fraction of sp³-hybridized carbons (Fsp3) is 1.00. The van der Waals surface area contributed by atoms with Gasteiger partial charge >= 0.3 is 24.7 Å².